The summed E-state index contributed by atoms with van der Waals surface area (Å²) in [7, 11) is -2.03. The summed E-state index contributed by atoms with van der Waals surface area (Å²) in [6.45, 7) is 5.56. The van der Waals surface area contributed by atoms with Gasteiger partial charge in [0, 0.05) is 19.5 Å². The lowest BCUT2D eigenvalue weighted by Gasteiger charge is -2.24. The van der Waals surface area contributed by atoms with Crippen LogP contribution in [0.15, 0.2) is 23.1 Å². The van der Waals surface area contributed by atoms with Crippen LogP contribution in [0.5, 0.6) is 0 Å². The van der Waals surface area contributed by atoms with Gasteiger partial charge in [-0.1, -0.05) is 6.07 Å². The number of nitrogens with one attached hydrogen (secondary N) is 1. The van der Waals surface area contributed by atoms with E-state index in [4.69, 9.17) is 11.1 Å². The number of nitrogens with two attached hydrogens (primary N) is 1. The Balaban J connectivity index is 3.09. The summed E-state index contributed by atoms with van der Waals surface area (Å²) in [6.07, 6.45) is 0.223. The predicted octanol–water partition coefficient (Wildman–Crippen LogP) is 1.64. The van der Waals surface area contributed by atoms with E-state index < -0.39 is 10.0 Å². The summed E-state index contributed by atoms with van der Waals surface area (Å²) in [5.74, 6) is -0.0189. The molecular formula is C13H21N3O2S. The first-order chi connectivity index (χ1) is 8.66. The monoisotopic (exact) mass is 283 g/mol. The van der Waals surface area contributed by atoms with Crippen molar-refractivity contribution in [1.29, 1.82) is 5.41 Å². The van der Waals surface area contributed by atoms with E-state index in [0.717, 1.165) is 11.1 Å². The minimum atomic E-state index is -3.54. The van der Waals surface area contributed by atoms with Crippen LogP contribution in [-0.2, 0) is 10.0 Å². The van der Waals surface area contributed by atoms with Crippen LogP contribution in [-0.4, -0.2) is 31.6 Å². The van der Waals surface area contributed by atoms with Crippen LogP contribution in [0.2, 0.25) is 0 Å². The molecule has 1 unspecified atom stereocenters. The zero-order chi connectivity index (χ0) is 14.8. The summed E-state index contributed by atoms with van der Waals surface area (Å²) in [4.78, 5) is 0.272. The highest BCUT2D eigenvalue weighted by Crippen LogP contribution is 2.20. The van der Waals surface area contributed by atoms with Crippen LogP contribution in [0.1, 0.15) is 24.5 Å². The molecule has 6 heteroatoms. The van der Waals surface area contributed by atoms with Gasteiger partial charge in [0.25, 0.3) is 0 Å². The molecule has 0 spiro atoms. The van der Waals surface area contributed by atoms with Crippen LogP contribution in [0.3, 0.4) is 0 Å². The van der Waals surface area contributed by atoms with Crippen molar-refractivity contribution in [1.82, 2.24) is 4.31 Å². The van der Waals surface area contributed by atoms with E-state index >= 15 is 0 Å². The number of benzene rings is 1. The molecule has 0 fully saturated rings. The van der Waals surface area contributed by atoms with E-state index in [2.05, 4.69) is 0 Å². The molecular weight excluding hydrogens is 262 g/mol. The normalized spacial score (nSPS) is 13.5. The van der Waals surface area contributed by atoms with Gasteiger partial charge in [-0.15, -0.1) is 0 Å². The van der Waals surface area contributed by atoms with Gasteiger partial charge in [0.1, 0.15) is 0 Å². The van der Waals surface area contributed by atoms with Crippen molar-refractivity contribution >= 4 is 15.9 Å². The minimum absolute atomic E-state index is 0.0189. The zero-order valence-electron chi connectivity index (χ0n) is 11.8. The van der Waals surface area contributed by atoms with Gasteiger partial charge in [0.05, 0.1) is 10.7 Å². The molecule has 106 valence electrons. The Morgan fingerprint density at radius 2 is 1.95 bits per heavy atom. The van der Waals surface area contributed by atoms with Crippen LogP contribution in [0, 0.1) is 19.3 Å². The van der Waals surface area contributed by atoms with E-state index in [-0.39, 0.29) is 23.2 Å². The molecule has 0 radical (unpaired) electrons. The number of sulfonamides is 1. The van der Waals surface area contributed by atoms with Gasteiger partial charge in [0.15, 0.2) is 0 Å². The van der Waals surface area contributed by atoms with Crippen LogP contribution < -0.4 is 5.73 Å². The van der Waals surface area contributed by atoms with Gasteiger partial charge >= 0.3 is 0 Å². The van der Waals surface area contributed by atoms with Gasteiger partial charge in [-0.2, -0.15) is 4.31 Å². The lowest BCUT2D eigenvalue weighted by molar-refractivity contribution is 0.396. The third-order valence-corrected chi connectivity index (χ3v) is 5.26. The molecule has 0 saturated carbocycles. The van der Waals surface area contributed by atoms with Gasteiger partial charge in [-0.3, -0.25) is 5.41 Å². The van der Waals surface area contributed by atoms with Crippen LogP contribution in [0.25, 0.3) is 0 Å². The van der Waals surface area contributed by atoms with Gasteiger partial charge in [-0.25, -0.2) is 8.42 Å². The molecule has 3 N–H and O–H groups in total. The molecule has 0 aromatic heterocycles. The number of hydrogen-bond acceptors (Lipinski definition) is 3. The summed E-state index contributed by atoms with van der Waals surface area (Å²) in [5, 5.41) is 7.25. The molecule has 0 aliphatic rings. The van der Waals surface area contributed by atoms with E-state index in [9.17, 15) is 8.42 Å². The molecule has 0 heterocycles. The molecule has 0 aliphatic heterocycles. The Morgan fingerprint density at radius 1 is 1.37 bits per heavy atom. The second-order valence-corrected chi connectivity index (χ2v) is 6.84. The van der Waals surface area contributed by atoms with Crippen molar-refractivity contribution in [2.24, 2.45) is 5.73 Å². The summed E-state index contributed by atoms with van der Waals surface area (Å²) in [6, 6.07) is 4.73. The highest BCUT2D eigenvalue weighted by molar-refractivity contribution is 7.89. The maximum absolute atomic E-state index is 12.4. The van der Waals surface area contributed by atoms with Crippen molar-refractivity contribution < 1.29 is 8.42 Å². The highest BCUT2D eigenvalue weighted by atomic mass is 32.2. The first kappa shape index (κ1) is 15.7. The molecule has 0 amide bonds. The van der Waals surface area contributed by atoms with Crippen LogP contribution >= 0.6 is 0 Å². The van der Waals surface area contributed by atoms with Crippen molar-refractivity contribution in [3.05, 3.63) is 29.3 Å². The third kappa shape index (κ3) is 3.54. The average Bonchev–Trinajstić information content (AvgIpc) is 2.30. The minimum Gasteiger partial charge on any atom is -0.388 e. The maximum atomic E-state index is 12.4. The lowest BCUT2D eigenvalue weighted by atomic mass is 10.1. The molecule has 0 saturated heterocycles. The molecule has 0 bridgehead atoms. The molecule has 0 aliphatic carbocycles. The topological polar surface area (TPSA) is 87.2 Å². The Bertz CT molecular complexity index is 582. The predicted molar refractivity (Wildman–Crippen MR) is 76.9 cm³/mol. The van der Waals surface area contributed by atoms with E-state index in [1.807, 2.05) is 13.8 Å². The second kappa shape index (κ2) is 5.71. The van der Waals surface area contributed by atoms with E-state index in [1.165, 1.54) is 11.4 Å². The van der Waals surface area contributed by atoms with Crippen molar-refractivity contribution in [2.75, 3.05) is 7.05 Å². The molecule has 1 aromatic rings. The SMILES string of the molecule is Cc1ccc(S(=O)(=O)N(C)C(C)CC(=N)N)cc1C. The number of hydrogen-bond donors (Lipinski definition) is 2. The Labute approximate surface area is 115 Å². The summed E-state index contributed by atoms with van der Waals surface area (Å²) < 4.78 is 26.1. The van der Waals surface area contributed by atoms with Crippen molar-refractivity contribution in [3.63, 3.8) is 0 Å². The maximum Gasteiger partial charge on any atom is 0.243 e. The molecule has 1 atom stereocenters. The summed E-state index contributed by atoms with van der Waals surface area (Å²) >= 11 is 0. The zero-order valence-corrected chi connectivity index (χ0v) is 12.6. The fourth-order valence-electron chi connectivity index (χ4n) is 1.72. The average molecular weight is 283 g/mol. The summed E-state index contributed by atoms with van der Waals surface area (Å²) in [5.41, 5.74) is 7.31. The first-order valence-corrected chi connectivity index (χ1v) is 7.48. The van der Waals surface area contributed by atoms with Gasteiger partial charge < -0.3 is 5.73 Å². The second-order valence-electron chi connectivity index (χ2n) is 4.85. The van der Waals surface area contributed by atoms with E-state index in [0.29, 0.717) is 0 Å². The fraction of sp³-hybridized carbons (Fsp3) is 0.462. The Hall–Kier alpha value is -1.40. The number of amidine groups is 1. The Kier molecular flexibility index (Phi) is 4.70. The van der Waals surface area contributed by atoms with Crippen LogP contribution in [0.4, 0.5) is 0 Å². The molecule has 1 aromatic carbocycles. The third-order valence-electron chi connectivity index (χ3n) is 3.29. The number of rotatable bonds is 5. The molecule has 19 heavy (non-hydrogen) atoms. The Morgan fingerprint density at radius 3 is 2.42 bits per heavy atom. The highest BCUT2D eigenvalue weighted by Gasteiger charge is 2.25. The molecule has 1 rings (SSSR count). The van der Waals surface area contributed by atoms with Gasteiger partial charge in [-0.05, 0) is 44.0 Å². The quantitative estimate of drug-likeness (QED) is 0.636. The van der Waals surface area contributed by atoms with Gasteiger partial charge in [0.2, 0.25) is 10.0 Å². The van der Waals surface area contributed by atoms with Crippen molar-refractivity contribution in [2.45, 2.75) is 38.1 Å². The van der Waals surface area contributed by atoms with E-state index in [1.54, 1.807) is 25.1 Å². The standard InChI is InChI=1S/C13H21N3O2S/c1-9-5-6-12(7-10(9)2)19(17,18)16(4)11(3)8-13(14)15/h5-7,11H,8H2,1-4H3,(H3,14,15). The lowest BCUT2D eigenvalue weighted by Crippen LogP contribution is -2.37. The van der Waals surface area contributed by atoms with Crippen molar-refractivity contribution in [3.8, 4) is 0 Å². The fourth-order valence-corrected chi connectivity index (χ4v) is 3.17. The largest absolute Gasteiger partial charge is 0.388 e. The smallest absolute Gasteiger partial charge is 0.243 e. The number of aryl methyl sites for hydroxylation is 2. The number of nitrogens with zero attached hydrogens (tertiary/aromatic N) is 1. The first-order valence-electron chi connectivity index (χ1n) is 6.04. The molecule has 5 nitrogen and oxygen atoms in total.